The van der Waals surface area contributed by atoms with Crippen LogP contribution in [0.25, 0.3) is 0 Å². The van der Waals surface area contributed by atoms with Crippen molar-refractivity contribution >= 4 is 5.91 Å². The van der Waals surface area contributed by atoms with Crippen LogP contribution in [-0.4, -0.2) is 24.2 Å². The third-order valence-corrected chi connectivity index (χ3v) is 3.09. The quantitative estimate of drug-likeness (QED) is 0.729. The van der Waals surface area contributed by atoms with Crippen LogP contribution in [0.4, 0.5) is 0 Å². The summed E-state index contributed by atoms with van der Waals surface area (Å²) in [5.74, 6) is 0.738. The van der Waals surface area contributed by atoms with Gasteiger partial charge in [-0.25, -0.2) is 0 Å². The van der Waals surface area contributed by atoms with E-state index in [9.17, 15) is 4.79 Å². The smallest absolute Gasteiger partial charge is 0.220 e. The normalized spacial score (nSPS) is 12.4. The minimum atomic E-state index is 0.0611. The molecule has 18 heavy (non-hydrogen) atoms. The van der Waals surface area contributed by atoms with Gasteiger partial charge in [0, 0.05) is 19.6 Å². The summed E-state index contributed by atoms with van der Waals surface area (Å²) in [7, 11) is 0. The van der Waals surface area contributed by atoms with Crippen molar-refractivity contribution in [2.75, 3.05) is 13.2 Å². The zero-order valence-electron chi connectivity index (χ0n) is 11.2. The second kappa shape index (κ2) is 7.88. The fraction of sp³-hybridized carbons (Fsp3) is 0.533. The third-order valence-electron chi connectivity index (χ3n) is 3.09. The van der Waals surface area contributed by atoms with Crippen molar-refractivity contribution in [1.82, 2.24) is 5.32 Å². The summed E-state index contributed by atoms with van der Waals surface area (Å²) in [6.07, 6.45) is 1.12. The van der Waals surface area contributed by atoms with E-state index in [1.165, 1.54) is 5.56 Å². The van der Waals surface area contributed by atoms with Gasteiger partial charge in [-0.2, -0.15) is 0 Å². The molecule has 1 rings (SSSR count). The molecule has 0 aromatic heterocycles. The van der Waals surface area contributed by atoms with E-state index in [1.54, 1.807) is 0 Å². The molecule has 0 fully saturated rings. The van der Waals surface area contributed by atoms with Crippen LogP contribution in [0.15, 0.2) is 30.3 Å². The van der Waals surface area contributed by atoms with Crippen molar-refractivity contribution in [3.8, 4) is 0 Å². The van der Waals surface area contributed by atoms with Gasteiger partial charge in [-0.15, -0.1) is 0 Å². The first kappa shape index (κ1) is 14.7. The van der Waals surface area contributed by atoms with Gasteiger partial charge in [0.15, 0.2) is 0 Å². The molecule has 100 valence electrons. The van der Waals surface area contributed by atoms with Crippen LogP contribution in [0, 0.1) is 5.92 Å². The molecule has 0 heterocycles. The van der Waals surface area contributed by atoms with Crippen LogP contribution in [0.5, 0.6) is 0 Å². The Morgan fingerprint density at radius 1 is 1.28 bits per heavy atom. The SMILES string of the molecule is CC(C)C(CC(=O)NCCCO)c1ccccc1. The summed E-state index contributed by atoms with van der Waals surface area (Å²) in [5, 5.41) is 11.5. The van der Waals surface area contributed by atoms with Crippen LogP contribution in [0.2, 0.25) is 0 Å². The standard InChI is InChI=1S/C15H23NO2/c1-12(2)14(13-7-4-3-5-8-13)11-15(18)16-9-6-10-17/h3-5,7-8,12,14,17H,6,9-11H2,1-2H3,(H,16,18). The maximum absolute atomic E-state index is 11.8. The van der Waals surface area contributed by atoms with Gasteiger partial charge in [0.05, 0.1) is 0 Å². The lowest BCUT2D eigenvalue weighted by Crippen LogP contribution is -2.27. The average Bonchev–Trinajstić information content (AvgIpc) is 2.37. The van der Waals surface area contributed by atoms with E-state index >= 15 is 0 Å². The Balaban J connectivity index is 2.56. The summed E-state index contributed by atoms with van der Waals surface area (Å²) in [6.45, 7) is 4.94. The highest BCUT2D eigenvalue weighted by Gasteiger charge is 2.18. The van der Waals surface area contributed by atoms with Gasteiger partial charge < -0.3 is 10.4 Å². The molecule has 1 amide bonds. The zero-order valence-corrected chi connectivity index (χ0v) is 11.2. The van der Waals surface area contributed by atoms with Crippen molar-refractivity contribution in [3.05, 3.63) is 35.9 Å². The number of aliphatic hydroxyl groups is 1. The van der Waals surface area contributed by atoms with E-state index < -0.39 is 0 Å². The Morgan fingerprint density at radius 3 is 2.50 bits per heavy atom. The lowest BCUT2D eigenvalue weighted by atomic mass is 9.85. The first-order chi connectivity index (χ1) is 8.65. The number of rotatable bonds is 7. The summed E-state index contributed by atoms with van der Waals surface area (Å²) < 4.78 is 0. The highest BCUT2D eigenvalue weighted by molar-refractivity contribution is 5.76. The number of benzene rings is 1. The maximum Gasteiger partial charge on any atom is 0.220 e. The van der Waals surface area contributed by atoms with E-state index in [0.29, 0.717) is 25.3 Å². The van der Waals surface area contributed by atoms with Gasteiger partial charge in [0.25, 0.3) is 0 Å². The van der Waals surface area contributed by atoms with Crippen LogP contribution < -0.4 is 5.32 Å². The highest BCUT2D eigenvalue weighted by Crippen LogP contribution is 2.27. The van der Waals surface area contributed by atoms with Crippen molar-refractivity contribution < 1.29 is 9.90 Å². The monoisotopic (exact) mass is 249 g/mol. The largest absolute Gasteiger partial charge is 0.396 e. The molecule has 0 spiro atoms. The minimum absolute atomic E-state index is 0.0611. The molecule has 0 bridgehead atoms. The lowest BCUT2D eigenvalue weighted by Gasteiger charge is -2.20. The Hall–Kier alpha value is -1.35. The number of aliphatic hydroxyl groups excluding tert-OH is 1. The molecule has 0 aliphatic carbocycles. The van der Waals surface area contributed by atoms with Crippen LogP contribution >= 0.6 is 0 Å². The van der Waals surface area contributed by atoms with Gasteiger partial charge >= 0.3 is 0 Å². The van der Waals surface area contributed by atoms with Crippen molar-refractivity contribution in [2.45, 2.75) is 32.6 Å². The topological polar surface area (TPSA) is 49.3 Å². The van der Waals surface area contributed by atoms with Crippen molar-refractivity contribution in [1.29, 1.82) is 0 Å². The number of amides is 1. The summed E-state index contributed by atoms with van der Waals surface area (Å²) in [5.41, 5.74) is 1.21. The highest BCUT2D eigenvalue weighted by atomic mass is 16.3. The first-order valence-corrected chi connectivity index (χ1v) is 6.57. The minimum Gasteiger partial charge on any atom is -0.396 e. The molecule has 1 unspecified atom stereocenters. The first-order valence-electron chi connectivity index (χ1n) is 6.57. The van der Waals surface area contributed by atoms with Gasteiger partial charge in [-0.1, -0.05) is 44.2 Å². The molecule has 0 saturated carbocycles. The molecule has 0 aliphatic heterocycles. The number of hydrogen-bond acceptors (Lipinski definition) is 2. The second-order valence-corrected chi connectivity index (χ2v) is 4.89. The van der Waals surface area contributed by atoms with Crippen LogP contribution in [-0.2, 0) is 4.79 Å². The molecule has 0 aliphatic rings. The molecule has 1 aromatic rings. The van der Waals surface area contributed by atoms with Crippen LogP contribution in [0.1, 0.15) is 38.2 Å². The molecule has 1 atom stereocenters. The lowest BCUT2D eigenvalue weighted by molar-refractivity contribution is -0.121. The predicted octanol–water partition coefficient (Wildman–Crippen LogP) is 2.31. The molecular formula is C15H23NO2. The number of nitrogens with one attached hydrogen (secondary N) is 1. The Labute approximate surface area is 109 Å². The van der Waals surface area contributed by atoms with Gasteiger partial charge in [-0.05, 0) is 23.8 Å². The molecule has 0 radical (unpaired) electrons. The van der Waals surface area contributed by atoms with E-state index in [2.05, 4.69) is 31.3 Å². The number of carbonyl (C=O) groups is 1. The Bertz CT molecular complexity index is 349. The molecular weight excluding hydrogens is 226 g/mol. The Kier molecular flexibility index (Phi) is 6.44. The van der Waals surface area contributed by atoms with E-state index in [1.807, 2.05) is 18.2 Å². The van der Waals surface area contributed by atoms with Gasteiger partial charge in [-0.3, -0.25) is 4.79 Å². The fourth-order valence-corrected chi connectivity index (χ4v) is 2.02. The van der Waals surface area contributed by atoms with Crippen molar-refractivity contribution in [2.24, 2.45) is 5.92 Å². The predicted molar refractivity (Wildman–Crippen MR) is 73.4 cm³/mol. The van der Waals surface area contributed by atoms with Gasteiger partial charge in [0.2, 0.25) is 5.91 Å². The molecule has 3 nitrogen and oxygen atoms in total. The summed E-state index contributed by atoms with van der Waals surface area (Å²) in [6, 6.07) is 10.2. The average molecular weight is 249 g/mol. The maximum atomic E-state index is 11.8. The molecule has 0 saturated heterocycles. The summed E-state index contributed by atoms with van der Waals surface area (Å²) >= 11 is 0. The van der Waals surface area contributed by atoms with E-state index in [0.717, 1.165) is 0 Å². The molecule has 1 aromatic carbocycles. The number of hydrogen-bond donors (Lipinski definition) is 2. The van der Waals surface area contributed by atoms with Crippen LogP contribution in [0.3, 0.4) is 0 Å². The zero-order chi connectivity index (χ0) is 13.4. The van der Waals surface area contributed by atoms with Gasteiger partial charge in [0.1, 0.15) is 0 Å². The van der Waals surface area contributed by atoms with E-state index in [-0.39, 0.29) is 18.4 Å². The summed E-state index contributed by atoms with van der Waals surface area (Å²) in [4.78, 5) is 11.8. The van der Waals surface area contributed by atoms with Crippen molar-refractivity contribution in [3.63, 3.8) is 0 Å². The molecule has 3 heteroatoms. The van der Waals surface area contributed by atoms with E-state index in [4.69, 9.17) is 5.11 Å². The molecule has 2 N–H and O–H groups in total. The second-order valence-electron chi connectivity index (χ2n) is 4.89. The fourth-order valence-electron chi connectivity index (χ4n) is 2.02. The Morgan fingerprint density at radius 2 is 1.94 bits per heavy atom. The number of carbonyl (C=O) groups excluding carboxylic acids is 1. The third kappa shape index (κ3) is 4.88.